The molecular weight excluding hydrogens is 495 g/mol. The molecule has 5 nitrogen and oxygen atoms in total. The monoisotopic (exact) mass is 526 g/mol. The second kappa shape index (κ2) is 13.5. The van der Waals surface area contributed by atoms with Crippen LogP contribution in [-0.2, 0) is 13.1 Å². The average molecular weight is 526 g/mol. The van der Waals surface area contributed by atoms with Crippen molar-refractivity contribution >= 4 is 47.6 Å². The molecule has 0 radical (unpaired) electrons. The van der Waals surface area contributed by atoms with Crippen molar-refractivity contribution in [1.29, 1.82) is 0 Å². The number of carbonyl (C=O) groups is 1. The molecule has 0 atom stereocenters. The van der Waals surface area contributed by atoms with E-state index in [2.05, 4.69) is 52.3 Å². The minimum absolute atomic E-state index is 0. The van der Waals surface area contributed by atoms with Crippen LogP contribution in [0.4, 0.5) is 0 Å². The molecule has 0 saturated heterocycles. The van der Waals surface area contributed by atoms with E-state index in [1.165, 1.54) is 16.0 Å². The van der Waals surface area contributed by atoms with Crippen LogP contribution in [0.1, 0.15) is 40.4 Å². The van der Waals surface area contributed by atoms with Crippen molar-refractivity contribution < 1.29 is 4.79 Å². The highest BCUT2D eigenvalue weighted by molar-refractivity contribution is 14.0. The summed E-state index contributed by atoms with van der Waals surface area (Å²) >= 11 is 1.75. The molecular formula is C22H31IN4OS. The largest absolute Gasteiger partial charge is 0.352 e. The molecule has 0 aliphatic rings. The second-order valence-electron chi connectivity index (χ2n) is 6.55. The third kappa shape index (κ3) is 8.26. The molecule has 1 amide bonds. The highest BCUT2D eigenvalue weighted by Crippen LogP contribution is 2.21. The number of aryl methyl sites for hydroxylation is 1. The van der Waals surface area contributed by atoms with Gasteiger partial charge in [-0.15, -0.1) is 35.7 Å². The summed E-state index contributed by atoms with van der Waals surface area (Å²) in [4.78, 5) is 17.7. The fourth-order valence-corrected chi connectivity index (χ4v) is 3.45. The van der Waals surface area contributed by atoms with Crippen LogP contribution in [0.2, 0.25) is 0 Å². The Morgan fingerprint density at radius 3 is 2.52 bits per heavy atom. The summed E-state index contributed by atoms with van der Waals surface area (Å²) in [6.45, 7) is 6.13. The van der Waals surface area contributed by atoms with Crippen LogP contribution < -0.4 is 16.0 Å². The van der Waals surface area contributed by atoms with Gasteiger partial charge in [0.1, 0.15) is 0 Å². The van der Waals surface area contributed by atoms with Gasteiger partial charge in [-0.2, -0.15) is 0 Å². The number of carbonyl (C=O) groups excluding carboxylic acids is 1. The SMILES string of the molecule is CCCNC(=O)c1cccc(CNC(=NC)NCc2ccc(C)cc2SC)c1.I. The van der Waals surface area contributed by atoms with Crippen LogP contribution >= 0.6 is 35.7 Å². The predicted octanol–water partition coefficient (Wildman–Crippen LogP) is 4.34. The second-order valence-corrected chi connectivity index (χ2v) is 7.40. The molecule has 3 N–H and O–H groups in total. The van der Waals surface area contributed by atoms with Crippen LogP contribution in [0.5, 0.6) is 0 Å². The maximum Gasteiger partial charge on any atom is 0.251 e. The number of halogens is 1. The number of nitrogens with zero attached hydrogens (tertiary/aromatic N) is 1. The normalized spacial score (nSPS) is 10.8. The summed E-state index contributed by atoms with van der Waals surface area (Å²) in [6.07, 6.45) is 3.02. The lowest BCUT2D eigenvalue weighted by Crippen LogP contribution is -2.36. The fraction of sp³-hybridized carbons (Fsp3) is 0.364. The van der Waals surface area contributed by atoms with Crippen LogP contribution in [0.25, 0.3) is 0 Å². The van der Waals surface area contributed by atoms with Gasteiger partial charge in [0.2, 0.25) is 0 Å². The molecule has 2 rings (SSSR count). The van der Waals surface area contributed by atoms with E-state index in [0.29, 0.717) is 25.2 Å². The highest BCUT2D eigenvalue weighted by atomic mass is 127. The number of amides is 1. The van der Waals surface area contributed by atoms with E-state index >= 15 is 0 Å². The Kier molecular flexibility index (Phi) is 11.8. The smallest absolute Gasteiger partial charge is 0.251 e. The average Bonchev–Trinajstić information content (AvgIpc) is 2.72. The molecule has 0 fully saturated rings. The van der Waals surface area contributed by atoms with E-state index in [1.54, 1.807) is 18.8 Å². The van der Waals surface area contributed by atoms with E-state index in [-0.39, 0.29) is 29.9 Å². The number of aliphatic imine (C=N–C) groups is 1. The summed E-state index contributed by atoms with van der Waals surface area (Å²) < 4.78 is 0. The quantitative estimate of drug-likeness (QED) is 0.207. The summed E-state index contributed by atoms with van der Waals surface area (Å²) in [5.74, 6) is 0.698. The zero-order chi connectivity index (χ0) is 20.4. The fourth-order valence-electron chi connectivity index (χ4n) is 2.75. The summed E-state index contributed by atoms with van der Waals surface area (Å²) in [5.41, 5.74) is 4.22. The number of thioether (sulfide) groups is 1. The van der Waals surface area contributed by atoms with Crippen molar-refractivity contribution in [1.82, 2.24) is 16.0 Å². The topological polar surface area (TPSA) is 65.5 Å². The molecule has 2 aromatic rings. The maximum atomic E-state index is 12.1. The van der Waals surface area contributed by atoms with E-state index in [0.717, 1.165) is 17.9 Å². The van der Waals surface area contributed by atoms with Crippen LogP contribution in [0.15, 0.2) is 52.4 Å². The zero-order valence-corrected chi connectivity index (χ0v) is 20.7. The Morgan fingerprint density at radius 2 is 1.83 bits per heavy atom. The number of hydrogen-bond acceptors (Lipinski definition) is 3. The summed E-state index contributed by atoms with van der Waals surface area (Å²) in [7, 11) is 1.76. The van der Waals surface area contributed by atoms with Crippen molar-refractivity contribution in [2.24, 2.45) is 4.99 Å². The maximum absolute atomic E-state index is 12.1. The molecule has 0 aliphatic heterocycles. The van der Waals surface area contributed by atoms with Gasteiger partial charge in [0, 0.05) is 37.1 Å². The van der Waals surface area contributed by atoms with Crippen molar-refractivity contribution in [3.05, 3.63) is 64.7 Å². The van der Waals surface area contributed by atoms with E-state index in [1.807, 2.05) is 31.2 Å². The lowest BCUT2D eigenvalue weighted by atomic mass is 10.1. The van der Waals surface area contributed by atoms with Gasteiger partial charge in [-0.05, 0) is 54.5 Å². The van der Waals surface area contributed by atoms with Gasteiger partial charge in [0.25, 0.3) is 5.91 Å². The first-order valence-electron chi connectivity index (χ1n) is 9.52. The number of benzene rings is 2. The lowest BCUT2D eigenvalue weighted by molar-refractivity contribution is 0.0953. The first kappa shape index (κ1) is 25.3. The lowest BCUT2D eigenvalue weighted by Gasteiger charge is -2.14. The zero-order valence-electron chi connectivity index (χ0n) is 17.5. The molecule has 7 heteroatoms. The highest BCUT2D eigenvalue weighted by Gasteiger charge is 2.07. The number of rotatable bonds is 8. The minimum Gasteiger partial charge on any atom is -0.352 e. The molecule has 0 heterocycles. The number of hydrogen-bond donors (Lipinski definition) is 3. The van der Waals surface area contributed by atoms with E-state index in [4.69, 9.17) is 0 Å². The molecule has 2 aromatic carbocycles. The van der Waals surface area contributed by atoms with Crippen LogP contribution in [-0.4, -0.2) is 31.7 Å². The van der Waals surface area contributed by atoms with Gasteiger partial charge >= 0.3 is 0 Å². The van der Waals surface area contributed by atoms with Gasteiger partial charge in [0.05, 0.1) is 0 Å². The molecule has 158 valence electrons. The van der Waals surface area contributed by atoms with Gasteiger partial charge in [-0.25, -0.2) is 0 Å². The molecule has 0 bridgehead atoms. The number of guanidine groups is 1. The van der Waals surface area contributed by atoms with Gasteiger partial charge in [-0.3, -0.25) is 9.79 Å². The van der Waals surface area contributed by atoms with Crippen molar-refractivity contribution in [3.8, 4) is 0 Å². The van der Waals surface area contributed by atoms with Gasteiger partial charge in [-0.1, -0.05) is 31.2 Å². The third-order valence-electron chi connectivity index (χ3n) is 4.30. The molecule has 0 spiro atoms. The summed E-state index contributed by atoms with van der Waals surface area (Å²) in [5, 5.41) is 9.58. The minimum atomic E-state index is -0.0322. The van der Waals surface area contributed by atoms with Gasteiger partial charge in [0.15, 0.2) is 5.96 Å². The molecule has 29 heavy (non-hydrogen) atoms. The Bertz CT molecular complexity index is 826. The van der Waals surface area contributed by atoms with Crippen molar-refractivity contribution in [3.63, 3.8) is 0 Å². The molecule has 0 saturated carbocycles. The van der Waals surface area contributed by atoms with E-state index in [9.17, 15) is 4.79 Å². The predicted molar refractivity (Wildman–Crippen MR) is 134 cm³/mol. The standard InChI is InChI=1S/C22H30N4OS.HI/c1-5-11-24-21(27)18-8-6-7-17(13-18)14-25-22(23-3)26-15-19-10-9-16(2)12-20(19)28-4;/h6-10,12-13H,5,11,14-15H2,1-4H3,(H,24,27)(H2,23,25,26);1H. The molecule has 0 aromatic heterocycles. The van der Waals surface area contributed by atoms with Crippen molar-refractivity contribution in [2.45, 2.75) is 38.3 Å². The first-order valence-corrected chi connectivity index (χ1v) is 10.7. The molecule has 0 aliphatic carbocycles. The van der Waals surface area contributed by atoms with Crippen LogP contribution in [0, 0.1) is 6.92 Å². The van der Waals surface area contributed by atoms with Gasteiger partial charge < -0.3 is 16.0 Å². The van der Waals surface area contributed by atoms with E-state index < -0.39 is 0 Å². The van der Waals surface area contributed by atoms with Crippen molar-refractivity contribution in [2.75, 3.05) is 19.8 Å². The Balaban J connectivity index is 0.00000420. The Hall–Kier alpha value is -1.74. The Labute approximate surface area is 195 Å². The third-order valence-corrected chi connectivity index (χ3v) is 5.12. The van der Waals surface area contributed by atoms with Crippen LogP contribution in [0.3, 0.4) is 0 Å². The summed E-state index contributed by atoms with van der Waals surface area (Å²) in [6, 6.07) is 14.1. The molecule has 0 unspecified atom stereocenters. The first-order chi connectivity index (χ1) is 13.6. The Morgan fingerprint density at radius 1 is 1.07 bits per heavy atom. The number of nitrogens with one attached hydrogen (secondary N) is 3.